The lowest BCUT2D eigenvalue weighted by Crippen LogP contribution is -2.36. The molecule has 110 valence electrons. The average molecular weight is 287 g/mol. The molecule has 2 aromatic rings. The third-order valence-electron chi connectivity index (χ3n) is 3.58. The lowest BCUT2D eigenvalue weighted by Gasteiger charge is -2.22. The van der Waals surface area contributed by atoms with E-state index in [0.717, 1.165) is 5.56 Å². The average Bonchev–Trinajstić information content (AvgIpc) is 3.08. The maximum Gasteiger partial charge on any atom is 0.410 e. The standard InChI is InChI=1S/C15H17N3O3/c1-10(2)12-9-20-15(19)18(12)8-13-16-14(21-17-13)11-6-4-3-5-7-11/h3-7,10,12H,8-9H2,1-2H3. The first-order valence-corrected chi connectivity index (χ1v) is 6.96. The topological polar surface area (TPSA) is 68.5 Å². The second kappa shape index (κ2) is 5.55. The lowest BCUT2D eigenvalue weighted by atomic mass is 10.0. The third kappa shape index (κ3) is 2.74. The van der Waals surface area contributed by atoms with E-state index in [-0.39, 0.29) is 12.1 Å². The first-order chi connectivity index (χ1) is 10.1. The molecule has 3 rings (SSSR count). The number of hydrogen-bond acceptors (Lipinski definition) is 5. The van der Waals surface area contributed by atoms with Crippen LogP contribution < -0.4 is 0 Å². The lowest BCUT2D eigenvalue weighted by molar-refractivity contribution is 0.153. The fourth-order valence-corrected chi connectivity index (χ4v) is 2.37. The van der Waals surface area contributed by atoms with Crippen molar-refractivity contribution >= 4 is 6.09 Å². The maximum absolute atomic E-state index is 11.8. The number of amides is 1. The number of carbonyl (C=O) groups excluding carboxylic acids is 1. The Morgan fingerprint density at radius 2 is 2.10 bits per heavy atom. The number of carbonyl (C=O) groups is 1. The normalized spacial score (nSPS) is 18.3. The maximum atomic E-state index is 11.8. The fraction of sp³-hybridized carbons (Fsp3) is 0.400. The number of rotatable bonds is 4. The summed E-state index contributed by atoms with van der Waals surface area (Å²) in [6.07, 6.45) is -0.320. The van der Waals surface area contributed by atoms with Crippen molar-refractivity contribution in [2.45, 2.75) is 26.4 Å². The quantitative estimate of drug-likeness (QED) is 0.864. The molecule has 1 fully saturated rings. The van der Waals surface area contributed by atoms with Gasteiger partial charge < -0.3 is 9.26 Å². The SMILES string of the molecule is CC(C)C1COC(=O)N1Cc1noc(-c2ccccc2)n1. The van der Waals surface area contributed by atoms with E-state index in [1.54, 1.807) is 4.90 Å². The zero-order valence-corrected chi connectivity index (χ0v) is 12.0. The summed E-state index contributed by atoms with van der Waals surface area (Å²) in [7, 11) is 0. The van der Waals surface area contributed by atoms with Crippen molar-refractivity contribution in [2.75, 3.05) is 6.61 Å². The summed E-state index contributed by atoms with van der Waals surface area (Å²) >= 11 is 0. The van der Waals surface area contributed by atoms with Gasteiger partial charge in [-0.25, -0.2) is 4.79 Å². The molecule has 1 amide bonds. The van der Waals surface area contributed by atoms with Gasteiger partial charge in [0.05, 0.1) is 12.6 Å². The van der Waals surface area contributed by atoms with Crippen LogP contribution in [0.15, 0.2) is 34.9 Å². The van der Waals surface area contributed by atoms with Gasteiger partial charge in [-0.1, -0.05) is 37.2 Å². The van der Waals surface area contributed by atoms with E-state index in [0.29, 0.717) is 30.8 Å². The summed E-state index contributed by atoms with van der Waals surface area (Å²) in [4.78, 5) is 17.8. The number of benzene rings is 1. The Labute approximate surface area is 122 Å². The Balaban J connectivity index is 1.77. The predicted octanol–water partition coefficient (Wildman–Crippen LogP) is 2.71. The molecule has 1 aliphatic rings. The van der Waals surface area contributed by atoms with Gasteiger partial charge >= 0.3 is 6.09 Å². The molecule has 0 saturated carbocycles. The molecule has 2 heterocycles. The van der Waals surface area contributed by atoms with Gasteiger partial charge in [0, 0.05) is 5.56 Å². The van der Waals surface area contributed by atoms with Crippen LogP contribution in [-0.2, 0) is 11.3 Å². The van der Waals surface area contributed by atoms with E-state index >= 15 is 0 Å². The molecular weight excluding hydrogens is 270 g/mol. The molecule has 6 heteroatoms. The van der Waals surface area contributed by atoms with Crippen molar-refractivity contribution in [1.82, 2.24) is 15.0 Å². The molecule has 1 aliphatic heterocycles. The first-order valence-electron chi connectivity index (χ1n) is 6.96. The molecule has 1 aromatic heterocycles. The van der Waals surface area contributed by atoms with Gasteiger partial charge in [-0.15, -0.1) is 0 Å². The Bertz CT molecular complexity index is 624. The molecule has 0 radical (unpaired) electrons. The van der Waals surface area contributed by atoms with Crippen LogP contribution in [0.3, 0.4) is 0 Å². The van der Waals surface area contributed by atoms with E-state index in [4.69, 9.17) is 9.26 Å². The highest BCUT2D eigenvalue weighted by Crippen LogP contribution is 2.22. The summed E-state index contributed by atoms with van der Waals surface area (Å²) in [5, 5.41) is 3.95. The van der Waals surface area contributed by atoms with Crippen LogP contribution in [0.4, 0.5) is 4.79 Å². The highest BCUT2D eigenvalue weighted by Gasteiger charge is 2.35. The van der Waals surface area contributed by atoms with Crippen LogP contribution in [-0.4, -0.2) is 33.8 Å². The number of hydrogen-bond donors (Lipinski definition) is 0. The highest BCUT2D eigenvalue weighted by molar-refractivity contribution is 5.70. The van der Waals surface area contributed by atoms with Crippen LogP contribution in [0.1, 0.15) is 19.7 Å². The number of nitrogens with zero attached hydrogens (tertiary/aromatic N) is 3. The minimum Gasteiger partial charge on any atom is -0.447 e. The Kier molecular flexibility index (Phi) is 3.60. The third-order valence-corrected chi connectivity index (χ3v) is 3.58. The molecule has 0 N–H and O–H groups in total. The minimum atomic E-state index is -0.320. The second-order valence-corrected chi connectivity index (χ2v) is 5.40. The van der Waals surface area contributed by atoms with Crippen molar-refractivity contribution in [1.29, 1.82) is 0 Å². The van der Waals surface area contributed by atoms with Gasteiger partial charge in [-0.05, 0) is 18.1 Å². The molecular formula is C15H17N3O3. The molecule has 0 aliphatic carbocycles. The van der Waals surface area contributed by atoms with Gasteiger partial charge in [-0.2, -0.15) is 4.98 Å². The summed E-state index contributed by atoms with van der Waals surface area (Å²) in [5.41, 5.74) is 0.862. The summed E-state index contributed by atoms with van der Waals surface area (Å²) in [6.45, 7) is 4.84. The van der Waals surface area contributed by atoms with Crippen molar-refractivity contribution in [3.05, 3.63) is 36.2 Å². The van der Waals surface area contributed by atoms with E-state index < -0.39 is 0 Å². The smallest absolute Gasteiger partial charge is 0.410 e. The zero-order chi connectivity index (χ0) is 14.8. The molecule has 1 saturated heterocycles. The van der Waals surface area contributed by atoms with Crippen LogP contribution in [0, 0.1) is 5.92 Å². The Morgan fingerprint density at radius 3 is 2.81 bits per heavy atom. The highest BCUT2D eigenvalue weighted by atomic mass is 16.6. The van der Waals surface area contributed by atoms with Crippen LogP contribution in [0.5, 0.6) is 0 Å². The number of cyclic esters (lactones) is 1. The summed E-state index contributed by atoms with van der Waals surface area (Å²) in [6, 6.07) is 9.60. The molecule has 1 atom stereocenters. The van der Waals surface area contributed by atoms with Gasteiger partial charge in [0.2, 0.25) is 0 Å². The van der Waals surface area contributed by atoms with Crippen molar-refractivity contribution < 1.29 is 14.1 Å². The van der Waals surface area contributed by atoms with Crippen LogP contribution >= 0.6 is 0 Å². The number of ether oxygens (including phenoxy) is 1. The largest absolute Gasteiger partial charge is 0.447 e. The number of aromatic nitrogens is 2. The minimum absolute atomic E-state index is 0.0520. The van der Waals surface area contributed by atoms with Gasteiger partial charge in [0.25, 0.3) is 5.89 Å². The second-order valence-electron chi connectivity index (χ2n) is 5.40. The Hall–Kier alpha value is -2.37. The van der Waals surface area contributed by atoms with Gasteiger partial charge in [-0.3, -0.25) is 4.90 Å². The predicted molar refractivity (Wildman–Crippen MR) is 75.3 cm³/mol. The van der Waals surface area contributed by atoms with Crippen LogP contribution in [0.2, 0.25) is 0 Å². The zero-order valence-electron chi connectivity index (χ0n) is 12.0. The van der Waals surface area contributed by atoms with Crippen molar-refractivity contribution in [2.24, 2.45) is 5.92 Å². The Morgan fingerprint density at radius 1 is 1.33 bits per heavy atom. The van der Waals surface area contributed by atoms with E-state index in [2.05, 4.69) is 24.0 Å². The molecule has 21 heavy (non-hydrogen) atoms. The summed E-state index contributed by atoms with van der Waals surface area (Å²) < 4.78 is 10.4. The molecule has 6 nitrogen and oxygen atoms in total. The van der Waals surface area contributed by atoms with Crippen molar-refractivity contribution in [3.8, 4) is 11.5 Å². The monoisotopic (exact) mass is 287 g/mol. The van der Waals surface area contributed by atoms with Crippen molar-refractivity contribution in [3.63, 3.8) is 0 Å². The van der Waals surface area contributed by atoms with Gasteiger partial charge in [0.15, 0.2) is 5.82 Å². The molecule has 1 unspecified atom stereocenters. The summed E-state index contributed by atoms with van der Waals surface area (Å²) in [5.74, 6) is 1.26. The van der Waals surface area contributed by atoms with Gasteiger partial charge in [0.1, 0.15) is 6.61 Å². The van der Waals surface area contributed by atoms with E-state index in [9.17, 15) is 4.79 Å². The molecule has 1 aromatic carbocycles. The molecule has 0 bridgehead atoms. The van der Waals surface area contributed by atoms with E-state index in [1.165, 1.54) is 0 Å². The fourth-order valence-electron chi connectivity index (χ4n) is 2.37. The molecule has 0 spiro atoms. The van der Waals surface area contributed by atoms with Crippen LogP contribution in [0.25, 0.3) is 11.5 Å². The first kappa shape index (κ1) is 13.6. The van der Waals surface area contributed by atoms with E-state index in [1.807, 2.05) is 30.3 Å².